The molecule has 0 aliphatic rings. The second-order valence-electron chi connectivity index (χ2n) is 5.14. The van der Waals surface area contributed by atoms with Crippen molar-refractivity contribution in [1.29, 1.82) is 0 Å². The molecule has 0 heterocycles. The molecule has 0 radical (unpaired) electrons. The lowest BCUT2D eigenvalue weighted by Crippen LogP contribution is -2.40. The van der Waals surface area contributed by atoms with Crippen molar-refractivity contribution in [1.82, 2.24) is 0 Å². The smallest absolute Gasteiger partial charge is 0.333 e. The van der Waals surface area contributed by atoms with Crippen LogP contribution in [0.3, 0.4) is 0 Å². The molecule has 0 aliphatic carbocycles. The Morgan fingerprint density at radius 1 is 1.27 bits per heavy atom. The van der Waals surface area contributed by atoms with E-state index in [-0.39, 0.29) is 11.0 Å². The van der Waals surface area contributed by atoms with Gasteiger partial charge in [0.15, 0.2) is 0 Å². The van der Waals surface area contributed by atoms with E-state index in [1.165, 1.54) is 13.2 Å². The lowest BCUT2D eigenvalue weighted by molar-refractivity contribution is -0.135. The molecular weight excluding hydrogens is 208 g/mol. The van der Waals surface area contributed by atoms with Crippen LogP contribution in [0, 0.1) is 0 Å². The largest absolute Gasteiger partial charge is 0.546 e. The number of allylic oxidation sites excluding steroid dienone is 1. The van der Waals surface area contributed by atoms with Gasteiger partial charge in [-0.15, -0.1) is 0 Å². The third-order valence-corrected chi connectivity index (χ3v) is 7.19. The van der Waals surface area contributed by atoms with Gasteiger partial charge in [0, 0.05) is 0 Å². The lowest BCUT2D eigenvalue weighted by atomic mass is 10.2. The number of methoxy groups -OCH3 is 1. The highest BCUT2D eigenvalue weighted by Crippen LogP contribution is 2.37. The van der Waals surface area contributed by atoms with E-state index < -0.39 is 8.32 Å². The van der Waals surface area contributed by atoms with E-state index >= 15 is 0 Å². The summed E-state index contributed by atoms with van der Waals surface area (Å²) in [5.74, 6) is 0.264. The molecule has 0 aromatic heterocycles. The minimum atomic E-state index is -1.82. The molecule has 0 bridgehead atoms. The summed E-state index contributed by atoms with van der Waals surface area (Å²) >= 11 is 0. The maximum Gasteiger partial charge on any atom is 0.333 e. The SMILES string of the molecule is COC(=O)/C=C(\C)O[Si](C)(C)C(C)(C)C. The van der Waals surface area contributed by atoms with Gasteiger partial charge >= 0.3 is 5.97 Å². The quantitative estimate of drug-likeness (QED) is 0.323. The second-order valence-corrected chi connectivity index (χ2v) is 9.87. The van der Waals surface area contributed by atoms with Gasteiger partial charge in [-0.25, -0.2) is 4.79 Å². The van der Waals surface area contributed by atoms with E-state index in [9.17, 15) is 4.79 Å². The van der Waals surface area contributed by atoms with Gasteiger partial charge in [-0.3, -0.25) is 0 Å². The molecule has 0 rings (SSSR count). The fourth-order valence-electron chi connectivity index (χ4n) is 0.810. The number of esters is 1. The predicted molar refractivity (Wildman–Crippen MR) is 64.1 cm³/mol. The van der Waals surface area contributed by atoms with Gasteiger partial charge < -0.3 is 9.16 Å². The Morgan fingerprint density at radius 2 is 1.73 bits per heavy atom. The maximum absolute atomic E-state index is 11.0. The van der Waals surface area contributed by atoms with Gasteiger partial charge in [-0.1, -0.05) is 20.8 Å². The Kier molecular flexibility index (Phi) is 4.58. The number of rotatable bonds is 3. The minimum Gasteiger partial charge on any atom is -0.546 e. The van der Waals surface area contributed by atoms with Crippen LogP contribution in [-0.4, -0.2) is 21.4 Å². The van der Waals surface area contributed by atoms with E-state index in [1.807, 2.05) is 0 Å². The first-order chi connectivity index (χ1) is 6.60. The third kappa shape index (κ3) is 4.51. The Balaban J connectivity index is 4.61. The van der Waals surface area contributed by atoms with Crippen molar-refractivity contribution in [3.8, 4) is 0 Å². The summed E-state index contributed by atoms with van der Waals surface area (Å²) in [6.07, 6.45) is 1.39. The topological polar surface area (TPSA) is 35.5 Å². The van der Waals surface area contributed by atoms with E-state index in [0.29, 0.717) is 5.76 Å². The highest BCUT2D eigenvalue weighted by molar-refractivity contribution is 6.74. The Hall–Kier alpha value is -0.773. The number of hydrogen-bond donors (Lipinski definition) is 0. The summed E-state index contributed by atoms with van der Waals surface area (Å²) in [4.78, 5) is 11.0. The van der Waals surface area contributed by atoms with Crippen LogP contribution in [0.5, 0.6) is 0 Å². The molecule has 0 saturated heterocycles. The van der Waals surface area contributed by atoms with Crippen molar-refractivity contribution in [2.75, 3.05) is 7.11 Å². The molecule has 4 heteroatoms. The molecule has 88 valence electrons. The Morgan fingerprint density at radius 3 is 2.07 bits per heavy atom. The summed E-state index contributed by atoms with van der Waals surface area (Å²) in [6.45, 7) is 12.5. The van der Waals surface area contributed by atoms with Crippen LogP contribution in [0.4, 0.5) is 0 Å². The molecule has 0 aromatic carbocycles. The average molecular weight is 230 g/mol. The van der Waals surface area contributed by atoms with Crippen molar-refractivity contribution in [2.24, 2.45) is 0 Å². The zero-order chi connectivity index (χ0) is 12.3. The van der Waals surface area contributed by atoms with E-state index in [2.05, 4.69) is 38.6 Å². The van der Waals surface area contributed by atoms with Crippen LogP contribution in [0.1, 0.15) is 27.7 Å². The Bertz CT molecular complexity index is 261. The highest BCUT2D eigenvalue weighted by atomic mass is 28.4. The molecular formula is C11H22O3Si. The summed E-state index contributed by atoms with van der Waals surface area (Å²) in [5.41, 5.74) is 0. The van der Waals surface area contributed by atoms with Gasteiger partial charge in [0.05, 0.1) is 18.9 Å². The van der Waals surface area contributed by atoms with Crippen LogP contribution in [0.15, 0.2) is 11.8 Å². The molecule has 3 nitrogen and oxygen atoms in total. The molecule has 0 N–H and O–H groups in total. The number of hydrogen-bond acceptors (Lipinski definition) is 3. The van der Waals surface area contributed by atoms with Crippen LogP contribution < -0.4 is 0 Å². The maximum atomic E-state index is 11.0. The molecule has 0 atom stereocenters. The zero-order valence-corrected chi connectivity index (χ0v) is 11.8. The van der Waals surface area contributed by atoms with Crippen LogP contribution in [0.25, 0.3) is 0 Å². The molecule has 0 amide bonds. The molecule has 0 unspecified atom stereocenters. The molecule has 0 aromatic rings. The van der Waals surface area contributed by atoms with E-state index in [0.717, 1.165) is 0 Å². The normalized spacial score (nSPS) is 13.7. The van der Waals surface area contributed by atoms with Crippen molar-refractivity contribution < 1.29 is 14.0 Å². The fraction of sp³-hybridized carbons (Fsp3) is 0.727. The van der Waals surface area contributed by atoms with Crippen molar-refractivity contribution in [3.63, 3.8) is 0 Å². The van der Waals surface area contributed by atoms with E-state index in [1.54, 1.807) is 6.92 Å². The fourth-order valence-corrected chi connectivity index (χ4v) is 1.98. The standard InChI is InChI=1S/C11H22O3Si/c1-9(8-10(12)13-5)14-15(6,7)11(2,3)4/h8H,1-7H3/b9-8+. The number of ether oxygens (including phenoxy) is 1. The first-order valence-corrected chi connectivity index (χ1v) is 7.96. The summed E-state index contributed by atoms with van der Waals surface area (Å²) < 4.78 is 10.4. The number of carbonyl (C=O) groups is 1. The molecule has 0 fully saturated rings. The Labute approximate surface area is 93.6 Å². The van der Waals surface area contributed by atoms with Gasteiger partial charge in [-0.05, 0) is 25.1 Å². The first kappa shape index (κ1) is 14.2. The van der Waals surface area contributed by atoms with Crippen LogP contribution >= 0.6 is 0 Å². The molecule has 0 spiro atoms. The van der Waals surface area contributed by atoms with Gasteiger partial charge in [0.2, 0.25) is 8.32 Å². The minimum absolute atomic E-state index is 0.137. The highest BCUT2D eigenvalue weighted by Gasteiger charge is 2.38. The monoisotopic (exact) mass is 230 g/mol. The summed E-state index contributed by atoms with van der Waals surface area (Å²) in [7, 11) is -0.464. The van der Waals surface area contributed by atoms with Crippen LogP contribution in [-0.2, 0) is 14.0 Å². The van der Waals surface area contributed by atoms with Gasteiger partial charge in [0.25, 0.3) is 0 Å². The van der Waals surface area contributed by atoms with Crippen molar-refractivity contribution >= 4 is 14.3 Å². The zero-order valence-electron chi connectivity index (χ0n) is 10.8. The van der Waals surface area contributed by atoms with Crippen molar-refractivity contribution in [3.05, 3.63) is 11.8 Å². The summed E-state index contributed by atoms with van der Waals surface area (Å²) in [5, 5.41) is 0.137. The average Bonchev–Trinajstić information content (AvgIpc) is 2.00. The predicted octanol–water partition coefficient (Wildman–Crippen LogP) is 3.09. The van der Waals surface area contributed by atoms with Crippen molar-refractivity contribution in [2.45, 2.75) is 45.8 Å². The van der Waals surface area contributed by atoms with E-state index in [4.69, 9.17) is 4.43 Å². The first-order valence-electron chi connectivity index (χ1n) is 5.05. The molecule has 0 saturated carbocycles. The third-order valence-electron chi connectivity index (χ3n) is 2.74. The lowest BCUT2D eigenvalue weighted by Gasteiger charge is -2.36. The second kappa shape index (κ2) is 4.83. The number of carbonyl (C=O) groups excluding carboxylic acids is 1. The summed E-state index contributed by atoms with van der Waals surface area (Å²) in [6, 6.07) is 0. The van der Waals surface area contributed by atoms with Gasteiger partial charge in [-0.2, -0.15) is 0 Å². The molecule has 0 aliphatic heterocycles. The van der Waals surface area contributed by atoms with Gasteiger partial charge in [0.1, 0.15) is 0 Å². The van der Waals surface area contributed by atoms with Crippen LogP contribution in [0.2, 0.25) is 18.1 Å². The molecule has 15 heavy (non-hydrogen) atoms.